The van der Waals surface area contributed by atoms with Gasteiger partial charge in [-0.2, -0.15) is 0 Å². The van der Waals surface area contributed by atoms with Gasteiger partial charge in [-0.05, 0) is 25.8 Å². The molecule has 1 rings (SSSR count). The third-order valence-electron chi connectivity index (χ3n) is 2.65. The van der Waals surface area contributed by atoms with Crippen LogP contribution in [0.15, 0.2) is 23.9 Å². The summed E-state index contributed by atoms with van der Waals surface area (Å²) in [6, 6.07) is -1.18. The number of carbonyl (C=O) groups is 2. The Balaban J connectivity index is 3.10. The summed E-state index contributed by atoms with van der Waals surface area (Å²) in [6.07, 6.45) is 2.01. The first kappa shape index (κ1) is 13.0. The van der Waals surface area contributed by atoms with Crippen molar-refractivity contribution in [3.8, 4) is 0 Å². The Hall–Kier alpha value is -2.09. The normalized spacial score (nSPS) is 22.4. The van der Waals surface area contributed by atoms with E-state index >= 15 is 0 Å². The maximum atomic E-state index is 11.7. The molecular formula is C12H14N2O3. The van der Waals surface area contributed by atoms with E-state index in [1.165, 1.54) is 4.90 Å². The number of nitrogens with zero attached hydrogens (tertiary/aromatic N) is 2. The lowest BCUT2D eigenvalue weighted by Crippen LogP contribution is -2.63. The zero-order chi connectivity index (χ0) is 13.2. The summed E-state index contributed by atoms with van der Waals surface area (Å²) >= 11 is 0. The van der Waals surface area contributed by atoms with Gasteiger partial charge in [0.1, 0.15) is 11.7 Å². The summed E-state index contributed by atoms with van der Waals surface area (Å²) < 4.78 is 0. The fraction of sp³-hybridized carbons (Fsp3) is 0.417. The molecule has 0 aliphatic carbocycles. The topological polar surface area (TPSA) is 62.0 Å². The molecule has 1 heterocycles. The molecule has 0 saturated carbocycles. The van der Waals surface area contributed by atoms with Gasteiger partial charge in [-0.15, -0.1) is 6.58 Å². The quantitative estimate of drug-likeness (QED) is 0.346. The predicted molar refractivity (Wildman–Crippen MR) is 61.8 cm³/mol. The smallest absolute Gasteiger partial charge is 0.352 e. The molecule has 0 aromatic carbocycles. The summed E-state index contributed by atoms with van der Waals surface area (Å²) in [5, 5.41) is 9.09. The van der Waals surface area contributed by atoms with Gasteiger partial charge in [0.25, 0.3) is 0 Å². The van der Waals surface area contributed by atoms with Crippen LogP contribution in [0.25, 0.3) is 4.85 Å². The molecule has 1 fully saturated rings. The molecule has 1 aliphatic heterocycles. The first-order valence-electron chi connectivity index (χ1n) is 5.17. The number of likely N-dealkylation sites (tertiary alicyclic amines) is 1. The Morgan fingerprint density at radius 3 is 2.59 bits per heavy atom. The molecule has 0 spiro atoms. The first-order valence-corrected chi connectivity index (χ1v) is 5.17. The molecule has 1 saturated heterocycles. The first-order chi connectivity index (χ1) is 7.95. The van der Waals surface area contributed by atoms with Crippen LogP contribution in [0.5, 0.6) is 0 Å². The minimum Gasteiger partial charge on any atom is -0.477 e. The monoisotopic (exact) mass is 234 g/mol. The second-order valence-electron chi connectivity index (χ2n) is 4.03. The van der Waals surface area contributed by atoms with Gasteiger partial charge in [0, 0.05) is 0 Å². The molecule has 1 N–H and O–H groups in total. The van der Waals surface area contributed by atoms with E-state index in [9.17, 15) is 9.59 Å². The van der Waals surface area contributed by atoms with Crippen molar-refractivity contribution in [1.29, 1.82) is 0 Å². The third kappa shape index (κ3) is 2.07. The summed E-state index contributed by atoms with van der Waals surface area (Å²) in [5.41, 5.74) is 0.519. The van der Waals surface area contributed by atoms with E-state index in [0.717, 1.165) is 0 Å². The van der Waals surface area contributed by atoms with Gasteiger partial charge < -0.3 is 9.95 Å². The summed E-state index contributed by atoms with van der Waals surface area (Å²) in [6.45, 7) is 13.7. The highest BCUT2D eigenvalue weighted by molar-refractivity contribution is 6.00. The predicted octanol–water partition coefficient (Wildman–Crippen LogP) is 1.44. The molecule has 0 aromatic heterocycles. The van der Waals surface area contributed by atoms with E-state index in [0.29, 0.717) is 12.0 Å². The fourth-order valence-electron chi connectivity index (χ4n) is 1.91. The highest BCUT2D eigenvalue weighted by Gasteiger charge is 2.55. The number of rotatable bonds is 4. The zero-order valence-corrected chi connectivity index (χ0v) is 9.80. The SMILES string of the molecule is [C-]#[N+][C@H]1C(=O)N(C(C(=O)O)=C(C)C)[C@@H]1CC=C. The van der Waals surface area contributed by atoms with Crippen LogP contribution in [0, 0.1) is 6.57 Å². The van der Waals surface area contributed by atoms with Crippen molar-refractivity contribution in [2.75, 3.05) is 0 Å². The van der Waals surface area contributed by atoms with Crippen LogP contribution in [0.4, 0.5) is 0 Å². The highest BCUT2D eigenvalue weighted by atomic mass is 16.4. The van der Waals surface area contributed by atoms with Crippen molar-refractivity contribution in [2.24, 2.45) is 0 Å². The van der Waals surface area contributed by atoms with E-state index in [4.69, 9.17) is 11.7 Å². The lowest BCUT2D eigenvalue weighted by atomic mass is 9.91. The van der Waals surface area contributed by atoms with E-state index in [-0.39, 0.29) is 5.70 Å². The van der Waals surface area contributed by atoms with Crippen molar-refractivity contribution in [1.82, 2.24) is 4.90 Å². The van der Waals surface area contributed by atoms with Crippen LogP contribution >= 0.6 is 0 Å². The van der Waals surface area contributed by atoms with Crippen molar-refractivity contribution in [3.63, 3.8) is 0 Å². The summed E-state index contributed by atoms with van der Waals surface area (Å²) in [4.78, 5) is 27.2. The maximum absolute atomic E-state index is 11.7. The average Bonchev–Trinajstić information content (AvgIpc) is 2.24. The Bertz CT molecular complexity index is 441. The van der Waals surface area contributed by atoms with Crippen LogP contribution in [-0.2, 0) is 9.59 Å². The Morgan fingerprint density at radius 2 is 2.24 bits per heavy atom. The summed E-state index contributed by atoms with van der Waals surface area (Å²) in [5.74, 6) is -1.58. The highest BCUT2D eigenvalue weighted by Crippen LogP contribution is 2.31. The van der Waals surface area contributed by atoms with Crippen LogP contribution < -0.4 is 0 Å². The number of hydrogen-bond donors (Lipinski definition) is 1. The summed E-state index contributed by atoms with van der Waals surface area (Å²) in [7, 11) is 0. The van der Waals surface area contributed by atoms with Crippen molar-refractivity contribution < 1.29 is 14.7 Å². The second kappa shape index (κ2) is 4.83. The third-order valence-corrected chi connectivity index (χ3v) is 2.65. The number of carbonyl (C=O) groups excluding carboxylic acids is 1. The molecule has 17 heavy (non-hydrogen) atoms. The second-order valence-corrected chi connectivity index (χ2v) is 4.03. The molecule has 5 nitrogen and oxygen atoms in total. The number of carboxylic acid groups (broad SMARTS) is 1. The molecule has 0 radical (unpaired) electrons. The molecule has 5 heteroatoms. The van der Waals surface area contributed by atoms with Crippen molar-refractivity contribution in [2.45, 2.75) is 32.4 Å². The Morgan fingerprint density at radius 1 is 1.65 bits per heavy atom. The number of amides is 1. The Labute approximate surface area is 99.8 Å². The van der Waals surface area contributed by atoms with Crippen LogP contribution in [0.2, 0.25) is 0 Å². The van der Waals surface area contributed by atoms with Gasteiger partial charge in [-0.25, -0.2) is 11.4 Å². The molecule has 0 unspecified atom stereocenters. The largest absolute Gasteiger partial charge is 0.477 e. The lowest BCUT2D eigenvalue weighted by molar-refractivity contribution is -0.149. The molecule has 90 valence electrons. The van der Waals surface area contributed by atoms with Crippen molar-refractivity contribution in [3.05, 3.63) is 35.3 Å². The standard InChI is InChI=1S/C12H14N2O3/c1-5-6-8-9(13-4)11(15)14(8)10(7(2)3)12(16)17/h5,8-9H,1,6H2,2-3H3,(H,16,17)/t8-,9-/m1/s1. The molecule has 2 atom stereocenters. The molecule has 0 aromatic rings. The van der Waals surface area contributed by atoms with Crippen LogP contribution in [0.3, 0.4) is 0 Å². The molecule has 1 amide bonds. The number of β-lactam (4-membered cyclic amide) rings is 1. The van der Waals surface area contributed by atoms with Gasteiger partial charge in [0.15, 0.2) is 0 Å². The van der Waals surface area contributed by atoms with Gasteiger partial charge in [-0.1, -0.05) is 6.08 Å². The van der Waals surface area contributed by atoms with E-state index in [1.807, 2.05) is 0 Å². The average molecular weight is 234 g/mol. The number of hydrogen-bond acceptors (Lipinski definition) is 2. The van der Waals surface area contributed by atoms with Crippen molar-refractivity contribution >= 4 is 11.9 Å². The maximum Gasteiger partial charge on any atom is 0.352 e. The molecule has 1 aliphatic rings. The van der Waals surface area contributed by atoms with Gasteiger partial charge >= 0.3 is 17.9 Å². The minimum absolute atomic E-state index is 0.0262. The van der Waals surface area contributed by atoms with Gasteiger partial charge in [-0.3, -0.25) is 9.69 Å². The molecule has 0 bridgehead atoms. The van der Waals surface area contributed by atoms with Gasteiger partial charge in [0.2, 0.25) is 0 Å². The lowest BCUT2D eigenvalue weighted by Gasteiger charge is -2.40. The number of allylic oxidation sites excluding steroid dienone is 1. The van der Waals surface area contributed by atoms with Crippen LogP contribution in [-0.4, -0.2) is 34.0 Å². The van der Waals surface area contributed by atoms with Gasteiger partial charge in [0.05, 0.1) is 0 Å². The fourth-order valence-corrected chi connectivity index (χ4v) is 1.91. The minimum atomic E-state index is -1.14. The zero-order valence-electron chi connectivity index (χ0n) is 9.80. The number of carboxylic acids is 1. The van der Waals surface area contributed by atoms with E-state index < -0.39 is 24.0 Å². The molecular weight excluding hydrogens is 220 g/mol. The van der Waals surface area contributed by atoms with E-state index in [1.54, 1.807) is 19.9 Å². The van der Waals surface area contributed by atoms with Crippen LogP contribution in [0.1, 0.15) is 20.3 Å². The Kier molecular flexibility index (Phi) is 3.69. The number of aliphatic carboxylic acids is 1. The van der Waals surface area contributed by atoms with E-state index in [2.05, 4.69) is 11.4 Å².